The summed E-state index contributed by atoms with van der Waals surface area (Å²) >= 11 is 12.0. The molecule has 0 saturated carbocycles. The average molecular weight is 362 g/mol. The van der Waals surface area contributed by atoms with E-state index in [4.69, 9.17) is 27.7 Å². The van der Waals surface area contributed by atoms with Crippen molar-refractivity contribution in [2.24, 2.45) is 0 Å². The molecule has 0 N–H and O–H groups in total. The number of benzene rings is 2. The molecule has 3 rings (SSSR count). The molecule has 1 amide bonds. The van der Waals surface area contributed by atoms with Crippen molar-refractivity contribution in [2.75, 3.05) is 7.05 Å². The van der Waals surface area contributed by atoms with Crippen LogP contribution in [0.3, 0.4) is 0 Å². The molecule has 122 valence electrons. The molecule has 0 saturated heterocycles. The molecule has 2 aromatic carbocycles. The lowest BCUT2D eigenvalue weighted by atomic mass is 10.2. The Morgan fingerprint density at radius 2 is 1.92 bits per heavy atom. The third kappa shape index (κ3) is 3.58. The molecule has 0 aliphatic rings. The van der Waals surface area contributed by atoms with E-state index in [0.29, 0.717) is 27.3 Å². The van der Waals surface area contributed by atoms with Gasteiger partial charge in [-0.25, -0.2) is 0 Å². The van der Waals surface area contributed by atoms with Gasteiger partial charge in [-0.3, -0.25) is 4.79 Å². The lowest BCUT2D eigenvalue weighted by molar-refractivity contribution is 0.0769. The van der Waals surface area contributed by atoms with Crippen LogP contribution in [-0.2, 0) is 6.54 Å². The van der Waals surface area contributed by atoms with E-state index in [0.717, 1.165) is 5.56 Å². The number of halogens is 2. The molecule has 1 aromatic heterocycles. The van der Waals surface area contributed by atoms with E-state index in [1.165, 1.54) is 11.0 Å². The predicted octanol–water partition coefficient (Wildman–Crippen LogP) is 4.32. The molecule has 7 heteroatoms. The lowest BCUT2D eigenvalue weighted by Gasteiger charge is -2.15. The topological polar surface area (TPSA) is 59.2 Å². The van der Waals surface area contributed by atoms with E-state index >= 15 is 0 Å². The number of nitrogens with zero attached hydrogens (tertiary/aromatic N) is 3. The quantitative estimate of drug-likeness (QED) is 0.694. The largest absolute Gasteiger partial charge is 0.337 e. The van der Waals surface area contributed by atoms with Gasteiger partial charge in [0, 0.05) is 17.6 Å². The van der Waals surface area contributed by atoms with E-state index in [1.54, 1.807) is 19.2 Å². The van der Waals surface area contributed by atoms with Crippen molar-refractivity contribution < 1.29 is 9.32 Å². The number of hydrogen-bond acceptors (Lipinski definition) is 4. The van der Waals surface area contributed by atoms with Gasteiger partial charge in [0.1, 0.15) is 0 Å². The van der Waals surface area contributed by atoms with Gasteiger partial charge < -0.3 is 9.42 Å². The number of amides is 1. The number of carbonyl (C=O) groups excluding carboxylic acids is 1. The highest BCUT2D eigenvalue weighted by Crippen LogP contribution is 2.22. The first kappa shape index (κ1) is 16.5. The zero-order valence-electron chi connectivity index (χ0n) is 12.7. The van der Waals surface area contributed by atoms with Gasteiger partial charge in [-0.15, -0.1) is 0 Å². The van der Waals surface area contributed by atoms with Crippen LogP contribution < -0.4 is 0 Å². The summed E-state index contributed by atoms with van der Waals surface area (Å²) in [5.41, 5.74) is 1.17. The summed E-state index contributed by atoms with van der Waals surface area (Å²) in [5, 5.41) is 4.72. The highest BCUT2D eigenvalue weighted by Gasteiger charge is 2.18. The summed E-state index contributed by atoms with van der Waals surface area (Å²) in [5.74, 6) is 0.539. The van der Waals surface area contributed by atoms with Crippen molar-refractivity contribution in [1.29, 1.82) is 0 Å². The van der Waals surface area contributed by atoms with Crippen molar-refractivity contribution in [3.05, 3.63) is 70.0 Å². The molecular formula is C17H13Cl2N3O2. The highest BCUT2D eigenvalue weighted by molar-refractivity contribution is 6.35. The average Bonchev–Trinajstić information content (AvgIpc) is 3.05. The Balaban J connectivity index is 1.75. The zero-order valence-corrected chi connectivity index (χ0v) is 14.3. The minimum absolute atomic E-state index is 0.168. The maximum absolute atomic E-state index is 12.5. The third-order valence-corrected chi connectivity index (χ3v) is 3.94. The summed E-state index contributed by atoms with van der Waals surface area (Å²) in [7, 11) is 1.63. The van der Waals surface area contributed by atoms with Crippen LogP contribution >= 0.6 is 23.2 Å². The maximum atomic E-state index is 12.5. The molecule has 0 spiro atoms. The monoisotopic (exact) mass is 361 g/mol. The van der Waals surface area contributed by atoms with Gasteiger partial charge in [0.2, 0.25) is 11.7 Å². The SMILES string of the molecule is CN(Cc1nc(-c2ccccc2)no1)C(=O)c1cc(Cl)ccc1Cl. The number of rotatable bonds is 4. The van der Waals surface area contributed by atoms with Crippen LogP contribution in [0.15, 0.2) is 53.1 Å². The predicted molar refractivity (Wildman–Crippen MR) is 92.0 cm³/mol. The first-order valence-corrected chi connectivity index (χ1v) is 7.88. The molecule has 0 radical (unpaired) electrons. The first-order valence-electron chi connectivity index (χ1n) is 7.13. The minimum atomic E-state index is -0.276. The molecule has 1 heterocycles. The van der Waals surface area contributed by atoms with Crippen molar-refractivity contribution in [3.63, 3.8) is 0 Å². The number of carbonyl (C=O) groups is 1. The van der Waals surface area contributed by atoms with E-state index in [2.05, 4.69) is 10.1 Å². The van der Waals surface area contributed by atoms with E-state index in [9.17, 15) is 4.79 Å². The maximum Gasteiger partial charge on any atom is 0.255 e. The Kier molecular flexibility index (Phi) is 4.83. The fourth-order valence-electron chi connectivity index (χ4n) is 2.17. The van der Waals surface area contributed by atoms with Crippen LogP contribution in [0, 0.1) is 0 Å². The number of hydrogen-bond donors (Lipinski definition) is 0. The smallest absolute Gasteiger partial charge is 0.255 e. The van der Waals surface area contributed by atoms with Crippen molar-refractivity contribution >= 4 is 29.1 Å². The second kappa shape index (κ2) is 7.03. The molecule has 0 bridgehead atoms. The van der Waals surface area contributed by atoms with Crippen LogP contribution in [0.5, 0.6) is 0 Å². The van der Waals surface area contributed by atoms with Crippen LogP contribution in [0.25, 0.3) is 11.4 Å². The van der Waals surface area contributed by atoms with Crippen LogP contribution in [0.1, 0.15) is 16.2 Å². The van der Waals surface area contributed by atoms with Gasteiger partial charge in [0.15, 0.2) is 0 Å². The van der Waals surface area contributed by atoms with Gasteiger partial charge in [-0.05, 0) is 18.2 Å². The molecule has 0 aliphatic heterocycles. The van der Waals surface area contributed by atoms with E-state index in [-0.39, 0.29) is 12.5 Å². The van der Waals surface area contributed by atoms with Crippen LogP contribution in [0.4, 0.5) is 0 Å². The third-order valence-electron chi connectivity index (χ3n) is 3.38. The Morgan fingerprint density at radius 1 is 1.17 bits per heavy atom. The fourth-order valence-corrected chi connectivity index (χ4v) is 2.54. The molecule has 0 unspecified atom stereocenters. The Hall–Kier alpha value is -2.37. The van der Waals surface area contributed by atoms with Gasteiger partial charge in [0.25, 0.3) is 5.91 Å². The molecule has 0 atom stereocenters. The van der Waals surface area contributed by atoms with Gasteiger partial charge in [-0.1, -0.05) is 58.7 Å². The van der Waals surface area contributed by atoms with E-state index < -0.39 is 0 Å². The van der Waals surface area contributed by atoms with Crippen molar-refractivity contribution in [3.8, 4) is 11.4 Å². The molecule has 3 aromatic rings. The summed E-state index contributed by atoms with van der Waals surface area (Å²) in [4.78, 5) is 18.2. The van der Waals surface area contributed by atoms with E-state index in [1.807, 2.05) is 30.3 Å². The summed E-state index contributed by atoms with van der Waals surface area (Å²) in [6, 6.07) is 14.2. The van der Waals surface area contributed by atoms with Gasteiger partial charge >= 0.3 is 0 Å². The fraction of sp³-hybridized carbons (Fsp3) is 0.118. The van der Waals surface area contributed by atoms with Crippen molar-refractivity contribution in [2.45, 2.75) is 6.54 Å². The zero-order chi connectivity index (χ0) is 17.1. The summed E-state index contributed by atoms with van der Waals surface area (Å²) in [6.45, 7) is 0.168. The molecular weight excluding hydrogens is 349 g/mol. The Bertz CT molecular complexity index is 865. The van der Waals surface area contributed by atoms with Crippen molar-refractivity contribution in [1.82, 2.24) is 15.0 Å². The highest BCUT2D eigenvalue weighted by atomic mass is 35.5. The molecule has 24 heavy (non-hydrogen) atoms. The number of aromatic nitrogens is 2. The van der Waals surface area contributed by atoms with Gasteiger partial charge in [0.05, 0.1) is 17.1 Å². The Labute approximate surface area is 148 Å². The summed E-state index contributed by atoms with van der Waals surface area (Å²) in [6.07, 6.45) is 0. The standard InChI is InChI=1S/C17H13Cl2N3O2/c1-22(17(23)13-9-12(18)7-8-14(13)19)10-15-20-16(21-24-15)11-5-3-2-4-6-11/h2-9H,10H2,1H3. The second-order valence-electron chi connectivity index (χ2n) is 5.16. The molecule has 0 fully saturated rings. The second-order valence-corrected chi connectivity index (χ2v) is 6.01. The lowest BCUT2D eigenvalue weighted by Crippen LogP contribution is -2.26. The summed E-state index contributed by atoms with van der Waals surface area (Å²) < 4.78 is 5.22. The Morgan fingerprint density at radius 3 is 2.67 bits per heavy atom. The minimum Gasteiger partial charge on any atom is -0.337 e. The van der Waals surface area contributed by atoms with Gasteiger partial charge in [-0.2, -0.15) is 4.98 Å². The normalized spacial score (nSPS) is 10.6. The van der Waals surface area contributed by atoms with Crippen LogP contribution in [-0.4, -0.2) is 28.0 Å². The molecule has 5 nitrogen and oxygen atoms in total. The molecule has 0 aliphatic carbocycles. The van der Waals surface area contributed by atoms with Crippen LogP contribution in [0.2, 0.25) is 10.0 Å². The first-order chi connectivity index (χ1) is 11.5.